The van der Waals surface area contributed by atoms with Crippen molar-refractivity contribution in [1.29, 1.82) is 0 Å². The van der Waals surface area contributed by atoms with Crippen LogP contribution in [-0.2, 0) is 15.1 Å². The zero-order chi connectivity index (χ0) is 24.6. The summed E-state index contributed by atoms with van der Waals surface area (Å²) >= 11 is 5.98. The molecule has 1 aromatic heterocycles. The maximum atomic E-state index is 13.3. The molecule has 1 atom stereocenters. The minimum atomic E-state index is -1.23. The fourth-order valence-corrected chi connectivity index (χ4v) is 4.35. The van der Waals surface area contributed by atoms with E-state index in [0.717, 1.165) is 21.8 Å². The number of hydrogen-bond donors (Lipinski definition) is 2. The molecule has 0 spiro atoms. The molecule has 0 saturated carbocycles. The van der Waals surface area contributed by atoms with Gasteiger partial charge in [-0.2, -0.15) is 5.10 Å². The maximum Gasteiger partial charge on any atom is 0.325 e. The van der Waals surface area contributed by atoms with Gasteiger partial charge < -0.3 is 10.6 Å². The van der Waals surface area contributed by atoms with Crippen molar-refractivity contribution in [2.45, 2.75) is 39.7 Å². The molecule has 1 unspecified atom stereocenters. The largest absolute Gasteiger partial charge is 0.325 e. The zero-order valence-corrected chi connectivity index (χ0v) is 20.2. The molecule has 1 saturated heterocycles. The first kappa shape index (κ1) is 23.5. The molecule has 2 aromatic carbocycles. The minimum Gasteiger partial charge on any atom is -0.321 e. The highest BCUT2D eigenvalue weighted by molar-refractivity contribution is 6.30. The molecule has 4 rings (SSSR count). The Balaban J connectivity index is 1.53. The molecule has 4 amide bonds. The minimum absolute atomic E-state index is 0.332. The standard InChI is InChI=1S/C25H26ClN5O3/c1-5-25(18-8-10-19(26)11-9-18)23(33)30(24(34)28-25)14-21(32)27-22-16(3)29-31(17(22)4)20-12-6-15(2)7-13-20/h6-13H,5,14H2,1-4H3,(H,27,32)(H,28,34). The molecule has 2 N–H and O–H groups in total. The molecule has 8 nitrogen and oxygen atoms in total. The van der Waals surface area contributed by atoms with Gasteiger partial charge in [-0.05, 0) is 57.0 Å². The van der Waals surface area contributed by atoms with Gasteiger partial charge in [0.15, 0.2) is 0 Å². The summed E-state index contributed by atoms with van der Waals surface area (Å²) in [6.07, 6.45) is 0.332. The van der Waals surface area contributed by atoms with Crippen LogP contribution < -0.4 is 10.6 Å². The first-order chi connectivity index (χ1) is 16.2. The number of halogens is 1. The highest BCUT2D eigenvalue weighted by Crippen LogP contribution is 2.33. The van der Waals surface area contributed by atoms with E-state index in [1.807, 2.05) is 45.0 Å². The molecule has 0 aliphatic carbocycles. The maximum absolute atomic E-state index is 13.3. The van der Waals surface area contributed by atoms with Crippen molar-refractivity contribution in [3.05, 3.63) is 76.1 Å². The lowest BCUT2D eigenvalue weighted by molar-refractivity contribution is -0.134. The van der Waals surface area contributed by atoms with Crippen molar-refractivity contribution < 1.29 is 14.4 Å². The Kier molecular flexibility index (Phi) is 6.18. The second-order valence-corrected chi connectivity index (χ2v) is 8.87. The topological polar surface area (TPSA) is 96.3 Å². The summed E-state index contributed by atoms with van der Waals surface area (Å²) in [5, 5.41) is 10.7. The summed E-state index contributed by atoms with van der Waals surface area (Å²) < 4.78 is 1.75. The Morgan fingerprint density at radius 1 is 1.06 bits per heavy atom. The predicted octanol–water partition coefficient (Wildman–Crippen LogP) is 4.25. The van der Waals surface area contributed by atoms with Crippen LogP contribution in [0.15, 0.2) is 48.5 Å². The quantitative estimate of drug-likeness (QED) is 0.516. The van der Waals surface area contributed by atoms with Crippen LogP contribution in [0.5, 0.6) is 0 Å². The molecule has 176 valence electrons. The molecule has 1 aliphatic rings. The fourth-order valence-electron chi connectivity index (χ4n) is 4.23. The normalized spacial score (nSPS) is 17.7. The number of nitrogens with one attached hydrogen (secondary N) is 2. The van der Waals surface area contributed by atoms with Crippen LogP contribution in [0.3, 0.4) is 0 Å². The summed E-state index contributed by atoms with van der Waals surface area (Å²) in [4.78, 5) is 39.9. The van der Waals surface area contributed by atoms with Crippen molar-refractivity contribution in [2.75, 3.05) is 11.9 Å². The van der Waals surface area contributed by atoms with Gasteiger partial charge in [0.05, 0.1) is 22.8 Å². The summed E-state index contributed by atoms with van der Waals surface area (Å²) in [7, 11) is 0. The van der Waals surface area contributed by atoms with Crippen LogP contribution in [0.1, 0.15) is 35.9 Å². The average molecular weight is 480 g/mol. The van der Waals surface area contributed by atoms with Crippen molar-refractivity contribution >= 4 is 35.1 Å². The fraction of sp³-hybridized carbons (Fsp3) is 0.280. The van der Waals surface area contributed by atoms with Gasteiger partial charge in [-0.1, -0.05) is 48.4 Å². The van der Waals surface area contributed by atoms with E-state index >= 15 is 0 Å². The second kappa shape index (κ2) is 8.95. The number of carbonyl (C=O) groups excluding carboxylic acids is 3. The molecule has 1 aliphatic heterocycles. The predicted molar refractivity (Wildman–Crippen MR) is 130 cm³/mol. The molecule has 9 heteroatoms. The lowest BCUT2D eigenvalue weighted by Gasteiger charge is -2.25. The van der Waals surface area contributed by atoms with Crippen LogP contribution in [0, 0.1) is 20.8 Å². The van der Waals surface area contributed by atoms with Crippen LogP contribution in [0.4, 0.5) is 10.5 Å². The van der Waals surface area contributed by atoms with Gasteiger partial charge in [0, 0.05) is 5.02 Å². The third kappa shape index (κ3) is 4.05. The average Bonchev–Trinajstić information content (AvgIpc) is 3.23. The summed E-state index contributed by atoms with van der Waals surface area (Å²) in [5.41, 5.74) is 3.32. The van der Waals surface area contributed by atoms with Gasteiger partial charge >= 0.3 is 6.03 Å². The van der Waals surface area contributed by atoms with E-state index in [-0.39, 0.29) is 0 Å². The van der Waals surface area contributed by atoms with Crippen molar-refractivity contribution in [2.24, 2.45) is 0 Å². The number of aromatic nitrogens is 2. The number of carbonyl (C=O) groups is 3. The summed E-state index contributed by atoms with van der Waals surface area (Å²) in [6.45, 7) is 7.05. The third-order valence-corrected chi connectivity index (χ3v) is 6.43. The molecule has 1 fully saturated rings. The summed E-state index contributed by atoms with van der Waals surface area (Å²) in [6, 6.07) is 14.0. The summed E-state index contributed by atoms with van der Waals surface area (Å²) in [5.74, 6) is -0.956. The molecular weight excluding hydrogens is 454 g/mol. The van der Waals surface area contributed by atoms with E-state index in [1.54, 1.807) is 35.9 Å². The van der Waals surface area contributed by atoms with Crippen LogP contribution in [0.2, 0.25) is 5.02 Å². The van der Waals surface area contributed by atoms with E-state index in [0.29, 0.717) is 28.4 Å². The molecular formula is C25H26ClN5O3. The molecule has 0 bridgehead atoms. The second-order valence-electron chi connectivity index (χ2n) is 8.43. The van der Waals surface area contributed by atoms with Gasteiger partial charge in [-0.25, -0.2) is 9.48 Å². The highest BCUT2D eigenvalue weighted by Gasteiger charge is 2.51. The Hall–Kier alpha value is -3.65. The molecule has 34 heavy (non-hydrogen) atoms. The van der Waals surface area contributed by atoms with Gasteiger partial charge in [-0.15, -0.1) is 0 Å². The third-order valence-electron chi connectivity index (χ3n) is 6.18. The lowest BCUT2D eigenvalue weighted by atomic mass is 9.87. The van der Waals surface area contributed by atoms with Gasteiger partial charge in [-0.3, -0.25) is 14.5 Å². The van der Waals surface area contributed by atoms with Crippen molar-refractivity contribution in [3.8, 4) is 5.69 Å². The smallest absolute Gasteiger partial charge is 0.321 e. The Morgan fingerprint density at radius 3 is 2.32 bits per heavy atom. The van der Waals surface area contributed by atoms with Crippen LogP contribution >= 0.6 is 11.6 Å². The molecule has 0 radical (unpaired) electrons. The monoisotopic (exact) mass is 479 g/mol. The van der Waals surface area contributed by atoms with Gasteiger partial charge in [0.2, 0.25) is 5.91 Å². The molecule has 3 aromatic rings. The molecule has 2 heterocycles. The number of nitrogens with zero attached hydrogens (tertiary/aromatic N) is 3. The highest BCUT2D eigenvalue weighted by atomic mass is 35.5. The van der Waals surface area contributed by atoms with Crippen LogP contribution in [-0.4, -0.2) is 39.1 Å². The van der Waals surface area contributed by atoms with Gasteiger partial charge in [0.25, 0.3) is 5.91 Å². The number of rotatable bonds is 6. The SMILES string of the molecule is CCC1(c2ccc(Cl)cc2)NC(=O)N(CC(=O)Nc2c(C)nn(-c3ccc(C)cc3)c2C)C1=O. The van der Waals surface area contributed by atoms with Gasteiger partial charge in [0.1, 0.15) is 12.1 Å². The zero-order valence-electron chi connectivity index (χ0n) is 19.5. The van der Waals surface area contributed by atoms with E-state index < -0.39 is 29.9 Å². The van der Waals surface area contributed by atoms with E-state index in [4.69, 9.17) is 11.6 Å². The Bertz CT molecular complexity index is 1270. The Morgan fingerprint density at radius 2 is 1.71 bits per heavy atom. The van der Waals surface area contributed by atoms with Crippen LogP contribution in [0.25, 0.3) is 5.69 Å². The number of hydrogen-bond acceptors (Lipinski definition) is 4. The lowest BCUT2D eigenvalue weighted by Crippen LogP contribution is -2.44. The number of benzene rings is 2. The number of aryl methyl sites for hydroxylation is 2. The first-order valence-corrected chi connectivity index (χ1v) is 11.4. The number of imide groups is 1. The van der Waals surface area contributed by atoms with E-state index in [9.17, 15) is 14.4 Å². The van der Waals surface area contributed by atoms with E-state index in [2.05, 4.69) is 15.7 Å². The Labute approximate surface area is 202 Å². The number of urea groups is 1. The first-order valence-electron chi connectivity index (χ1n) is 11.0. The van der Waals surface area contributed by atoms with Crippen molar-refractivity contribution in [3.63, 3.8) is 0 Å². The number of amides is 4. The van der Waals surface area contributed by atoms with E-state index in [1.165, 1.54) is 0 Å². The van der Waals surface area contributed by atoms with Crippen molar-refractivity contribution in [1.82, 2.24) is 20.0 Å². The number of anilines is 1.